The molecule has 3 aromatic carbocycles. The maximum absolute atomic E-state index is 13.3. The summed E-state index contributed by atoms with van der Waals surface area (Å²) < 4.78 is 22.5. The molecule has 0 N–H and O–H groups in total. The lowest BCUT2D eigenvalue weighted by Crippen LogP contribution is -2.33. The number of carbonyl (C=O) groups is 6. The van der Waals surface area contributed by atoms with Crippen molar-refractivity contribution in [2.75, 3.05) is 0 Å². The van der Waals surface area contributed by atoms with Gasteiger partial charge in [-0.2, -0.15) is 0 Å². The Balaban J connectivity index is 1.47. The van der Waals surface area contributed by atoms with Crippen LogP contribution >= 0.6 is 0 Å². The molecular formula is C29H17NO11. The number of esters is 3. The Morgan fingerprint density at radius 1 is 0.732 bits per heavy atom. The predicted octanol–water partition coefficient (Wildman–Crippen LogP) is 3.10. The molecule has 0 atom stereocenters. The maximum Gasteiger partial charge on any atom is 0.363 e. The van der Waals surface area contributed by atoms with E-state index in [1.54, 1.807) is 12.1 Å². The maximum atomic E-state index is 13.3. The van der Waals surface area contributed by atoms with E-state index in [1.165, 1.54) is 56.3 Å². The van der Waals surface area contributed by atoms with Gasteiger partial charge >= 0.3 is 23.9 Å². The number of ether oxygens (including phenoxy) is 4. The topological polar surface area (TPSA) is 152 Å². The molecule has 0 unspecified atom stereocenters. The summed E-state index contributed by atoms with van der Waals surface area (Å²) in [6.07, 6.45) is 1.92. The van der Waals surface area contributed by atoms with Crippen LogP contribution in [0.5, 0.6) is 23.0 Å². The van der Waals surface area contributed by atoms with Crippen molar-refractivity contribution >= 4 is 35.7 Å². The first-order valence-electron chi connectivity index (χ1n) is 12.1. The third-order valence-electron chi connectivity index (χ3n) is 6.45. The second-order valence-electron chi connectivity index (χ2n) is 9.12. The van der Waals surface area contributed by atoms with E-state index < -0.39 is 41.3 Å². The Morgan fingerprint density at radius 3 is 1.80 bits per heavy atom. The molecule has 41 heavy (non-hydrogen) atoms. The zero-order valence-electron chi connectivity index (χ0n) is 21.3. The van der Waals surface area contributed by atoms with Crippen molar-refractivity contribution in [3.8, 4) is 23.0 Å². The second kappa shape index (κ2) is 9.16. The van der Waals surface area contributed by atoms with Crippen molar-refractivity contribution in [3.05, 3.63) is 94.6 Å². The van der Waals surface area contributed by atoms with Gasteiger partial charge in [-0.15, -0.1) is 0 Å². The summed E-state index contributed by atoms with van der Waals surface area (Å²) in [5.74, 6) is -3.84. The first-order chi connectivity index (χ1) is 19.6. The Morgan fingerprint density at radius 2 is 1.27 bits per heavy atom. The first-order valence-corrected chi connectivity index (χ1v) is 12.1. The van der Waals surface area contributed by atoms with Gasteiger partial charge in [0.1, 0.15) is 23.0 Å². The summed E-state index contributed by atoms with van der Waals surface area (Å²) in [5.41, 5.74) is -0.533. The summed E-state index contributed by atoms with van der Waals surface area (Å²) in [5, 5.41) is 0.307. The highest BCUT2D eigenvalue weighted by molar-refractivity contribution is 6.13. The van der Waals surface area contributed by atoms with Crippen molar-refractivity contribution < 1.29 is 52.6 Å². The van der Waals surface area contributed by atoms with Gasteiger partial charge in [0.25, 0.3) is 11.8 Å². The number of imide groups is 1. The van der Waals surface area contributed by atoms with Crippen molar-refractivity contribution in [1.29, 1.82) is 0 Å². The van der Waals surface area contributed by atoms with Crippen LogP contribution in [0.4, 0.5) is 0 Å². The molecule has 3 aliphatic heterocycles. The summed E-state index contributed by atoms with van der Waals surface area (Å²) in [6, 6.07) is 13.2. The van der Waals surface area contributed by atoms with Gasteiger partial charge in [-0.3, -0.25) is 19.2 Å². The molecule has 204 valence electrons. The average Bonchev–Trinajstić information content (AvgIpc) is 3.38. The first kappa shape index (κ1) is 25.5. The normalized spacial score (nSPS) is 15.5. The van der Waals surface area contributed by atoms with Crippen molar-refractivity contribution in [1.82, 2.24) is 5.06 Å². The fourth-order valence-corrected chi connectivity index (χ4v) is 4.89. The molecular weight excluding hydrogens is 538 g/mol. The monoisotopic (exact) mass is 555 g/mol. The summed E-state index contributed by atoms with van der Waals surface area (Å²) >= 11 is 0. The molecule has 0 aromatic heterocycles. The highest BCUT2D eigenvalue weighted by Gasteiger charge is 2.54. The minimum atomic E-state index is -1.56. The number of rotatable bonds is 4. The van der Waals surface area contributed by atoms with Crippen LogP contribution in [0.25, 0.3) is 0 Å². The van der Waals surface area contributed by atoms with Crippen LogP contribution in [0.3, 0.4) is 0 Å². The molecule has 2 amide bonds. The van der Waals surface area contributed by atoms with Gasteiger partial charge in [-0.1, -0.05) is 11.1 Å². The SMILES string of the molecule is CC(=O)Oc1ccc2c(c1)Oc1cc(OC(C)=O)ccc1C21OC(=O)c2cc(C(=O)ON3C(=O)C=CC3=O)ccc21. The Kier molecular flexibility index (Phi) is 5.69. The number of carbonyl (C=O) groups excluding carboxylic acids is 6. The number of hydroxylamine groups is 2. The van der Waals surface area contributed by atoms with Crippen LogP contribution in [-0.2, 0) is 34.4 Å². The van der Waals surface area contributed by atoms with Crippen LogP contribution in [-0.4, -0.2) is 40.8 Å². The van der Waals surface area contributed by atoms with E-state index in [-0.39, 0.29) is 34.1 Å². The van der Waals surface area contributed by atoms with Gasteiger partial charge in [0.2, 0.25) is 0 Å². The van der Waals surface area contributed by atoms with Crippen molar-refractivity contribution in [3.63, 3.8) is 0 Å². The molecule has 0 aliphatic carbocycles. The van der Waals surface area contributed by atoms with Crippen LogP contribution in [0.15, 0.2) is 66.7 Å². The lowest BCUT2D eigenvalue weighted by Gasteiger charge is -2.36. The molecule has 0 fully saturated rings. The third kappa shape index (κ3) is 4.09. The fourth-order valence-electron chi connectivity index (χ4n) is 4.89. The molecule has 3 aliphatic rings. The summed E-state index contributed by atoms with van der Waals surface area (Å²) in [7, 11) is 0. The van der Waals surface area contributed by atoms with E-state index in [1.807, 2.05) is 0 Å². The van der Waals surface area contributed by atoms with E-state index in [9.17, 15) is 28.8 Å². The minimum absolute atomic E-state index is 0.0172. The van der Waals surface area contributed by atoms with Gasteiger partial charge in [0.05, 0.1) is 11.1 Å². The van der Waals surface area contributed by atoms with Gasteiger partial charge < -0.3 is 23.8 Å². The summed E-state index contributed by atoms with van der Waals surface area (Å²) in [6.45, 7) is 2.48. The van der Waals surface area contributed by atoms with Crippen LogP contribution < -0.4 is 14.2 Å². The van der Waals surface area contributed by atoms with Crippen LogP contribution in [0.1, 0.15) is 51.3 Å². The Labute approximate surface area is 230 Å². The van der Waals surface area contributed by atoms with Gasteiger partial charge in [-0.25, -0.2) is 9.59 Å². The molecule has 3 aromatic rings. The molecule has 0 saturated carbocycles. The van der Waals surface area contributed by atoms with E-state index in [2.05, 4.69) is 0 Å². The molecule has 0 bridgehead atoms. The fraction of sp³-hybridized carbons (Fsp3) is 0.103. The smallest absolute Gasteiger partial charge is 0.363 e. The van der Waals surface area contributed by atoms with Crippen molar-refractivity contribution in [2.45, 2.75) is 19.4 Å². The van der Waals surface area contributed by atoms with E-state index in [0.29, 0.717) is 21.8 Å². The van der Waals surface area contributed by atoms with Crippen LogP contribution in [0.2, 0.25) is 0 Å². The van der Waals surface area contributed by atoms with Gasteiger partial charge in [0.15, 0.2) is 5.60 Å². The standard InChI is InChI=1S/C29H17NO11/c1-14(31)37-17-4-7-21-23(12-17)39-24-13-18(38-15(2)32)5-8-22(24)29(21)20-6-3-16(11-19(20)28(36)40-29)27(35)41-30-25(33)9-10-26(30)34/h3-13H,1-2H3. The van der Waals surface area contributed by atoms with Gasteiger partial charge in [0, 0.05) is 54.8 Å². The molecule has 1 spiro atoms. The molecule has 12 nitrogen and oxygen atoms in total. The van der Waals surface area contributed by atoms with Crippen LogP contribution in [0, 0.1) is 0 Å². The number of benzene rings is 3. The van der Waals surface area contributed by atoms with E-state index in [0.717, 1.165) is 12.2 Å². The highest BCUT2D eigenvalue weighted by atomic mass is 16.7. The number of hydrogen-bond donors (Lipinski definition) is 0. The zero-order chi connectivity index (χ0) is 29.1. The van der Waals surface area contributed by atoms with Gasteiger partial charge in [-0.05, 0) is 36.4 Å². The minimum Gasteiger partial charge on any atom is -0.456 e. The molecule has 0 radical (unpaired) electrons. The molecule has 12 heteroatoms. The molecule has 0 saturated heterocycles. The molecule has 6 rings (SSSR count). The lowest BCUT2D eigenvalue weighted by atomic mass is 9.77. The molecule has 3 heterocycles. The number of fused-ring (bicyclic) bond motifs is 6. The van der Waals surface area contributed by atoms with E-state index >= 15 is 0 Å². The third-order valence-corrected chi connectivity index (χ3v) is 6.45. The quantitative estimate of drug-likeness (QED) is 0.265. The predicted molar refractivity (Wildman–Crippen MR) is 134 cm³/mol. The average molecular weight is 555 g/mol. The second-order valence-corrected chi connectivity index (χ2v) is 9.12. The zero-order valence-corrected chi connectivity index (χ0v) is 21.3. The Hall–Kier alpha value is -5.78. The number of nitrogens with zero attached hydrogens (tertiary/aromatic N) is 1. The Bertz CT molecular complexity index is 1690. The van der Waals surface area contributed by atoms with E-state index in [4.69, 9.17) is 23.8 Å². The largest absolute Gasteiger partial charge is 0.456 e. The number of hydrogen-bond acceptors (Lipinski definition) is 11. The van der Waals surface area contributed by atoms with Crippen molar-refractivity contribution in [2.24, 2.45) is 0 Å². The summed E-state index contributed by atoms with van der Waals surface area (Å²) in [4.78, 5) is 77.7. The lowest BCUT2D eigenvalue weighted by molar-refractivity contribution is -0.170. The number of amides is 2. The highest BCUT2D eigenvalue weighted by Crippen LogP contribution is 2.57.